The van der Waals surface area contributed by atoms with E-state index in [1.807, 2.05) is 13.8 Å². The molecule has 0 bridgehead atoms. The lowest BCUT2D eigenvalue weighted by Gasteiger charge is -2.32. The second-order valence-corrected chi connectivity index (χ2v) is 6.97. The monoisotopic (exact) mass is 388 g/mol. The number of nitrogens with one attached hydrogen (secondary N) is 1. The van der Waals surface area contributed by atoms with Crippen LogP contribution in [0.4, 0.5) is 4.39 Å². The number of aromatic amines is 1. The fourth-order valence-electron chi connectivity index (χ4n) is 3.36. The van der Waals surface area contributed by atoms with E-state index in [1.165, 1.54) is 36.3 Å². The van der Waals surface area contributed by atoms with E-state index in [0.717, 1.165) is 0 Å². The quantitative estimate of drug-likeness (QED) is 0.605. The summed E-state index contributed by atoms with van der Waals surface area (Å²) in [7, 11) is 1.27. The number of Topliss-reactive ketones (excluding diaryl/α,β-unsaturated/α-hetero) is 1. The van der Waals surface area contributed by atoms with Crippen LogP contribution in [0.5, 0.6) is 0 Å². The van der Waals surface area contributed by atoms with Gasteiger partial charge in [-0.2, -0.15) is 0 Å². The van der Waals surface area contributed by atoms with Crippen molar-refractivity contribution >= 4 is 17.7 Å². The first-order chi connectivity index (χ1) is 13.1. The second kappa shape index (κ2) is 8.37. The van der Waals surface area contributed by atoms with Crippen molar-refractivity contribution in [1.82, 2.24) is 9.88 Å². The molecule has 0 aliphatic rings. The van der Waals surface area contributed by atoms with Gasteiger partial charge in [0.2, 0.25) is 0 Å². The lowest BCUT2D eigenvalue weighted by atomic mass is 9.98. The van der Waals surface area contributed by atoms with Crippen molar-refractivity contribution in [3.05, 3.63) is 58.2 Å². The summed E-state index contributed by atoms with van der Waals surface area (Å²) >= 11 is 0. The van der Waals surface area contributed by atoms with Crippen LogP contribution in [0.1, 0.15) is 63.2 Å². The molecule has 6 nitrogen and oxygen atoms in total. The van der Waals surface area contributed by atoms with Gasteiger partial charge in [-0.1, -0.05) is 0 Å². The van der Waals surface area contributed by atoms with E-state index in [9.17, 15) is 18.8 Å². The molecular formula is C21H25FN2O4. The van der Waals surface area contributed by atoms with Crippen molar-refractivity contribution in [3.63, 3.8) is 0 Å². The smallest absolute Gasteiger partial charge is 0.354 e. The third-order valence-electron chi connectivity index (χ3n) is 4.75. The molecule has 1 aromatic heterocycles. The number of hydrogen-bond acceptors (Lipinski definition) is 4. The Balaban J connectivity index is 2.41. The van der Waals surface area contributed by atoms with E-state index in [-0.39, 0.29) is 23.4 Å². The van der Waals surface area contributed by atoms with Crippen LogP contribution in [-0.2, 0) is 4.74 Å². The molecule has 0 radical (unpaired) electrons. The number of esters is 1. The van der Waals surface area contributed by atoms with Gasteiger partial charge in [-0.3, -0.25) is 9.59 Å². The molecule has 0 spiro atoms. The van der Waals surface area contributed by atoms with Gasteiger partial charge in [0.05, 0.1) is 13.2 Å². The first-order valence-electron chi connectivity index (χ1n) is 9.00. The topological polar surface area (TPSA) is 79.5 Å². The highest BCUT2D eigenvalue weighted by Gasteiger charge is 2.33. The minimum Gasteiger partial charge on any atom is -0.464 e. The van der Waals surface area contributed by atoms with E-state index < -0.39 is 17.8 Å². The normalized spacial score (nSPS) is 12.0. The van der Waals surface area contributed by atoms with Gasteiger partial charge in [-0.25, -0.2) is 9.18 Å². The third kappa shape index (κ3) is 3.98. The van der Waals surface area contributed by atoms with E-state index in [2.05, 4.69) is 4.98 Å². The maximum atomic E-state index is 13.2. The predicted molar refractivity (Wildman–Crippen MR) is 103 cm³/mol. The van der Waals surface area contributed by atoms with Crippen LogP contribution < -0.4 is 0 Å². The zero-order chi connectivity index (χ0) is 21.2. The standard InChI is InChI=1S/C21H25FN2O4/c1-11(2)24(20(26)15-7-9-16(22)10-8-15)14(5)19(25)17-12(3)18(21(27)28-6)23-13(17)4/h7-11,14,23H,1-6H3/t14-/m0/s1. The zero-order valence-corrected chi connectivity index (χ0v) is 16.9. The molecule has 2 aromatic rings. The van der Waals surface area contributed by atoms with E-state index in [0.29, 0.717) is 22.4 Å². The Morgan fingerprint density at radius 3 is 2.14 bits per heavy atom. The number of aromatic nitrogens is 1. The number of halogens is 1. The Morgan fingerprint density at radius 1 is 1.07 bits per heavy atom. The van der Waals surface area contributed by atoms with Crippen LogP contribution in [0.15, 0.2) is 24.3 Å². The van der Waals surface area contributed by atoms with Gasteiger partial charge in [-0.05, 0) is 64.4 Å². The summed E-state index contributed by atoms with van der Waals surface area (Å²) in [5.41, 5.74) is 1.90. The molecule has 150 valence electrons. The number of H-pyrrole nitrogens is 1. The molecule has 1 N–H and O–H groups in total. The zero-order valence-electron chi connectivity index (χ0n) is 16.9. The fraction of sp³-hybridized carbons (Fsp3) is 0.381. The third-order valence-corrected chi connectivity index (χ3v) is 4.75. The molecule has 1 heterocycles. The van der Waals surface area contributed by atoms with Gasteiger partial charge < -0.3 is 14.6 Å². The maximum Gasteiger partial charge on any atom is 0.354 e. The minimum atomic E-state index is -0.781. The van der Waals surface area contributed by atoms with E-state index in [1.54, 1.807) is 20.8 Å². The number of ketones is 1. The summed E-state index contributed by atoms with van der Waals surface area (Å²) in [5, 5.41) is 0. The number of benzene rings is 1. The summed E-state index contributed by atoms with van der Waals surface area (Å²) in [6.07, 6.45) is 0. The molecule has 0 saturated heterocycles. The van der Waals surface area contributed by atoms with Gasteiger partial charge in [-0.15, -0.1) is 0 Å². The molecular weight excluding hydrogens is 363 g/mol. The molecule has 7 heteroatoms. The molecule has 28 heavy (non-hydrogen) atoms. The average molecular weight is 388 g/mol. The summed E-state index contributed by atoms with van der Waals surface area (Å²) in [4.78, 5) is 42.4. The Kier molecular flexibility index (Phi) is 6.38. The minimum absolute atomic E-state index is 0.219. The molecule has 0 unspecified atom stereocenters. The van der Waals surface area contributed by atoms with E-state index in [4.69, 9.17) is 4.74 Å². The molecule has 1 atom stereocenters. The molecule has 1 amide bonds. The molecule has 0 saturated carbocycles. The Labute approximate surface area is 163 Å². The van der Waals surface area contributed by atoms with Crippen LogP contribution in [0.2, 0.25) is 0 Å². The molecule has 2 rings (SSSR count). The maximum absolute atomic E-state index is 13.2. The summed E-state index contributed by atoms with van der Waals surface area (Å²) < 4.78 is 17.9. The number of hydrogen-bond donors (Lipinski definition) is 1. The van der Waals surface area contributed by atoms with Crippen LogP contribution >= 0.6 is 0 Å². The highest BCUT2D eigenvalue weighted by molar-refractivity contribution is 6.07. The summed E-state index contributed by atoms with van der Waals surface area (Å²) in [5.74, 6) is -1.65. The van der Waals surface area contributed by atoms with Crippen LogP contribution in [0.25, 0.3) is 0 Å². The molecule has 0 fully saturated rings. The van der Waals surface area contributed by atoms with E-state index >= 15 is 0 Å². The van der Waals surface area contributed by atoms with Crippen molar-refractivity contribution in [1.29, 1.82) is 0 Å². The number of ether oxygens (including phenoxy) is 1. The van der Waals surface area contributed by atoms with Crippen molar-refractivity contribution in [2.75, 3.05) is 7.11 Å². The van der Waals surface area contributed by atoms with Crippen LogP contribution in [0, 0.1) is 19.7 Å². The number of aryl methyl sites for hydroxylation is 1. The van der Waals surface area contributed by atoms with Crippen molar-refractivity contribution in [2.45, 2.75) is 46.7 Å². The van der Waals surface area contributed by atoms with Crippen LogP contribution in [-0.4, -0.2) is 46.7 Å². The van der Waals surface area contributed by atoms with Gasteiger partial charge in [0.25, 0.3) is 5.91 Å². The van der Waals surface area contributed by atoms with Gasteiger partial charge >= 0.3 is 5.97 Å². The Hall–Kier alpha value is -2.96. The fourth-order valence-corrected chi connectivity index (χ4v) is 3.36. The first kappa shape index (κ1) is 21.3. The molecule has 0 aliphatic heterocycles. The predicted octanol–water partition coefficient (Wildman–Crippen LogP) is 3.68. The summed E-state index contributed by atoms with van der Waals surface area (Å²) in [6, 6.07) is 4.16. The van der Waals surface area contributed by atoms with Crippen LogP contribution in [0.3, 0.4) is 0 Å². The average Bonchev–Trinajstić information content (AvgIpc) is 2.94. The number of carbonyl (C=O) groups is 3. The van der Waals surface area contributed by atoms with Gasteiger partial charge in [0, 0.05) is 22.9 Å². The molecule has 1 aromatic carbocycles. The highest BCUT2D eigenvalue weighted by atomic mass is 19.1. The summed E-state index contributed by atoms with van der Waals surface area (Å²) in [6.45, 7) is 8.62. The van der Waals surface area contributed by atoms with Crippen molar-refractivity contribution in [2.24, 2.45) is 0 Å². The highest BCUT2D eigenvalue weighted by Crippen LogP contribution is 2.23. The number of rotatable bonds is 6. The lowest BCUT2D eigenvalue weighted by molar-refractivity contribution is 0.0565. The largest absolute Gasteiger partial charge is 0.464 e. The first-order valence-corrected chi connectivity index (χ1v) is 9.00. The SMILES string of the molecule is COC(=O)c1[nH]c(C)c(C(=O)[C@H](C)N(C(=O)c2ccc(F)cc2)C(C)C)c1C. The number of amides is 1. The van der Waals surface area contributed by atoms with Crippen molar-refractivity contribution in [3.8, 4) is 0 Å². The van der Waals surface area contributed by atoms with Crippen molar-refractivity contribution < 1.29 is 23.5 Å². The van der Waals surface area contributed by atoms with Gasteiger partial charge in [0.1, 0.15) is 11.5 Å². The Bertz CT molecular complexity index is 900. The number of methoxy groups -OCH3 is 1. The second-order valence-electron chi connectivity index (χ2n) is 6.97. The lowest BCUT2D eigenvalue weighted by Crippen LogP contribution is -2.47. The number of carbonyl (C=O) groups excluding carboxylic acids is 3. The van der Waals surface area contributed by atoms with Gasteiger partial charge in [0.15, 0.2) is 5.78 Å². The molecule has 0 aliphatic carbocycles. The Morgan fingerprint density at radius 2 is 1.64 bits per heavy atom. The number of nitrogens with zero attached hydrogens (tertiary/aromatic N) is 1.